The summed E-state index contributed by atoms with van der Waals surface area (Å²) in [5.41, 5.74) is 1.47. The van der Waals surface area contributed by atoms with Crippen LogP contribution in [-0.4, -0.2) is 36.5 Å². The molecule has 5 nitrogen and oxygen atoms in total. The lowest BCUT2D eigenvalue weighted by molar-refractivity contribution is -0.126. The van der Waals surface area contributed by atoms with Crippen LogP contribution < -0.4 is 10.6 Å². The van der Waals surface area contributed by atoms with E-state index in [2.05, 4.69) is 24.1 Å². The molecule has 1 aliphatic rings. The van der Waals surface area contributed by atoms with Crippen molar-refractivity contribution in [3.05, 3.63) is 47.8 Å². The molecule has 0 spiro atoms. The minimum atomic E-state index is -0.254. The van der Waals surface area contributed by atoms with E-state index in [4.69, 9.17) is 0 Å². The Balaban J connectivity index is 2.18. The molecule has 148 valence electrons. The number of amides is 3. The lowest BCUT2D eigenvalue weighted by Gasteiger charge is -2.39. The van der Waals surface area contributed by atoms with Gasteiger partial charge < -0.3 is 15.5 Å². The Morgan fingerprint density at radius 3 is 2.78 bits per heavy atom. The lowest BCUT2D eigenvalue weighted by Crippen LogP contribution is -2.50. The summed E-state index contributed by atoms with van der Waals surface area (Å²) in [5.74, 6) is -0.565. The second-order valence-electron chi connectivity index (χ2n) is 7.07. The first kappa shape index (κ1) is 20.9. The number of piperidine rings is 1. The van der Waals surface area contributed by atoms with E-state index < -0.39 is 0 Å². The summed E-state index contributed by atoms with van der Waals surface area (Å²) in [4.78, 5) is 26.9. The van der Waals surface area contributed by atoms with Gasteiger partial charge in [-0.05, 0) is 43.4 Å². The Hall–Kier alpha value is -2.37. The third-order valence-corrected chi connectivity index (χ3v) is 5.01. The molecule has 1 heterocycles. The minimum Gasteiger partial charge on any atom is -0.352 e. The van der Waals surface area contributed by atoms with E-state index in [1.54, 1.807) is 30.0 Å². The highest BCUT2D eigenvalue weighted by Crippen LogP contribution is 2.34. The van der Waals surface area contributed by atoms with E-state index in [0.29, 0.717) is 38.0 Å². The Kier molecular flexibility index (Phi) is 7.82. The van der Waals surface area contributed by atoms with Gasteiger partial charge in [0.1, 0.15) is 5.82 Å². The standard InChI is InChI=1S/C21H30FN3O2/c1-4-6-12-24-21(27)25-14-17(20(26)23-11-5-2)8-10-19(25)16-7-9-18(22)15(3)13-16/h5,7,9,13,17,19H,2,4,6,8,10-12,14H2,1,3H3,(H,23,26)(H,24,27)/t17-,19+/m0/s1. The molecule has 2 atom stereocenters. The van der Waals surface area contributed by atoms with Gasteiger partial charge in [0.15, 0.2) is 0 Å². The quantitative estimate of drug-likeness (QED) is 0.564. The largest absolute Gasteiger partial charge is 0.352 e. The van der Waals surface area contributed by atoms with Crippen molar-refractivity contribution in [3.8, 4) is 0 Å². The Morgan fingerprint density at radius 1 is 1.33 bits per heavy atom. The Bertz CT molecular complexity index is 677. The van der Waals surface area contributed by atoms with E-state index in [-0.39, 0.29) is 29.7 Å². The van der Waals surface area contributed by atoms with Crippen LogP contribution in [0.15, 0.2) is 30.9 Å². The van der Waals surface area contributed by atoms with Gasteiger partial charge in [0.05, 0.1) is 12.0 Å². The molecule has 0 radical (unpaired) electrons. The van der Waals surface area contributed by atoms with Crippen molar-refractivity contribution in [1.29, 1.82) is 0 Å². The molecule has 0 saturated carbocycles. The summed E-state index contributed by atoms with van der Waals surface area (Å²) in [6.45, 7) is 8.77. The maximum absolute atomic E-state index is 13.7. The number of hydrogen-bond donors (Lipinski definition) is 2. The molecule has 3 amide bonds. The Morgan fingerprint density at radius 2 is 2.11 bits per heavy atom. The first-order valence-corrected chi connectivity index (χ1v) is 9.67. The Labute approximate surface area is 161 Å². The third-order valence-electron chi connectivity index (χ3n) is 5.01. The average Bonchev–Trinajstić information content (AvgIpc) is 2.68. The maximum atomic E-state index is 13.7. The molecule has 6 heteroatoms. The zero-order valence-corrected chi connectivity index (χ0v) is 16.3. The fourth-order valence-corrected chi connectivity index (χ4v) is 3.42. The summed E-state index contributed by atoms with van der Waals surface area (Å²) in [6.07, 6.45) is 4.89. The number of rotatable bonds is 7. The van der Waals surface area contributed by atoms with Crippen molar-refractivity contribution in [2.45, 2.75) is 45.6 Å². The molecule has 1 aliphatic heterocycles. The number of carbonyl (C=O) groups excluding carboxylic acids is 2. The van der Waals surface area contributed by atoms with E-state index in [1.807, 2.05) is 0 Å². The van der Waals surface area contributed by atoms with Gasteiger partial charge in [0.25, 0.3) is 0 Å². The number of urea groups is 1. The van der Waals surface area contributed by atoms with Crippen LogP contribution in [0.5, 0.6) is 0 Å². The number of carbonyl (C=O) groups is 2. The lowest BCUT2D eigenvalue weighted by atomic mass is 9.88. The number of aryl methyl sites for hydroxylation is 1. The molecular weight excluding hydrogens is 345 g/mol. The van der Waals surface area contributed by atoms with Crippen LogP contribution in [0.4, 0.5) is 9.18 Å². The van der Waals surface area contributed by atoms with Crippen molar-refractivity contribution in [2.24, 2.45) is 5.92 Å². The minimum absolute atomic E-state index is 0.0602. The molecule has 27 heavy (non-hydrogen) atoms. The maximum Gasteiger partial charge on any atom is 0.317 e. The van der Waals surface area contributed by atoms with Gasteiger partial charge in [0, 0.05) is 19.6 Å². The second kappa shape index (κ2) is 10.1. The highest BCUT2D eigenvalue weighted by atomic mass is 19.1. The summed E-state index contributed by atoms with van der Waals surface area (Å²) in [5, 5.41) is 5.77. The normalized spacial score (nSPS) is 19.4. The molecule has 1 aromatic carbocycles. The predicted octanol–water partition coefficient (Wildman–Crippen LogP) is 3.70. The predicted molar refractivity (Wildman–Crippen MR) is 105 cm³/mol. The van der Waals surface area contributed by atoms with Gasteiger partial charge in [-0.1, -0.05) is 31.6 Å². The average molecular weight is 375 g/mol. The number of likely N-dealkylation sites (tertiary alicyclic amines) is 1. The molecule has 0 unspecified atom stereocenters. The summed E-state index contributed by atoms with van der Waals surface area (Å²) in [7, 11) is 0. The summed E-state index contributed by atoms with van der Waals surface area (Å²) < 4.78 is 13.7. The third kappa shape index (κ3) is 5.55. The van der Waals surface area contributed by atoms with Crippen LogP contribution >= 0.6 is 0 Å². The van der Waals surface area contributed by atoms with E-state index in [0.717, 1.165) is 18.4 Å². The first-order valence-electron chi connectivity index (χ1n) is 9.67. The smallest absolute Gasteiger partial charge is 0.317 e. The SMILES string of the molecule is C=CCNC(=O)[C@H]1CC[C@H](c2ccc(F)c(C)c2)N(C(=O)NCCCC)C1. The van der Waals surface area contributed by atoms with Crippen molar-refractivity contribution >= 4 is 11.9 Å². The van der Waals surface area contributed by atoms with Crippen LogP contribution in [0.25, 0.3) is 0 Å². The monoisotopic (exact) mass is 375 g/mol. The molecule has 0 aromatic heterocycles. The van der Waals surface area contributed by atoms with Gasteiger partial charge in [-0.15, -0.1) is 6.58 Å². The number of halogens is 1. The zero-order valence-electron chi connectivity index (χ0n) is 16.3. The fraction of sp³-hybridized carbons (Fsp3) is 0.524. The summed E-state index contributed by atoms with van der Waals surface area (Å²) >= 11 is 0. The second-order valence-corrected chi connectivity index (χ2v) is 7.07. The summed E-state index contributed by atoms with van der Waals surface area (Å²) in [6, 6.07) is 4.65. The van der Waals surface area contributed by atoms with Crippen molar-refractivity contribution < 1.29 is 14.0 Å². The fourth-order valence-electron chi connectivity index (χ4n) is 3.42. The molecule has 1 aromatic rings. The van der Waals surface area contributed by atoms with E-state index in [9.17, 15) is 14.0 Å². The van der Waals surface area contributed by atoms with Crippen molar-refractivity contribution in [1.82, 2.24) is 15.5 Å². The number of unbranched alkanes of at least 4 members (excludes halogenated alkanes) is 1. The van der Waals surface area contributed by atoms with Crippen LogP contribution in [0, 0.1) is 18.7 Å². The van der Waals surface area contributed by atoms with Gasteiger partial charge in [-0.3, -0.25) is 4.79 Å². The number of nitrogens with zero attached hydrogens (tertiary/aromatic N) is 1. The topological polar surface area (TPSA) is 61.4 Å². The number of nitrogens with one attached hydrogen (secondary N) is 2. The zero-order chi connectivity index (χ0) is 19.8. The van der Waals surface area contributed by atoms with Crippen molar-refractivity contribution in [3.63, 3.8) is 0 Å². The van der Waals surface area contributed by atoms with Gasteiger partial charge in [-0.2, -0.15) is 0 Å². The molecular formula is C21H30FN3O2. The van der Waals surface area contributed by atoms with Gasteiger partial charge in [-0.25, -0.2) is 9.18 Å². The molecule has 0 aliphatic carbocycles. The molecule has 1 fully saturated rings. The van der Waals surface area contributed by atoms with Crippen LogP contribution in [0.3, 0.4) is 0 Å². The van der Waals surface area contributed by atoms with E-state index >= 15 is 0 Å². The molecule has 0 bridgehead atoms. The first-order chi connectivity index (χ1) is 13.0. The van der Waals surface area contributed by atoms with Crippen molar-refractivity contribution in [2.75, 3.05) is 19.6 Å². The molecule has 2 rings (SSSR count). The number of benzene rings is 1. The van der Waals surface area contributed by atoms with Crippen LogP contribution in [0.2, 0.25) is 0 Å². The molecule has 2 N–H and O–H groups in total. The van der Waals surface area contributed by atoms with Crippen LogP contribution in [-0.2, 0) is 4.79 Å². The molecule has 1 saturated heterocycles. The van der Waals surface area contributed by atoms with Gasteiger partial charge >= 0.3 is 6.03 Å². The highest BCUT2D eigenvalue weighted by molar-refractivity contribution is 5.81. The number of hydrogen-bond acceptors (Lipinski definition) is 2. The van der Waals surface area contributed by atoms with Crippen LogP contribution in [0.1, 0.15) is 49.8 Å². The highest BCUT2D eigenvalue weighted by Gasteiger charge is 2.35. The van der Waals surface area contributed by atoms with E-state index in [1.165, 1.54) is 6.07 Å². The van der Waals surface area contributed by atoms with Gasteiger partial charge in [0.2, 0.25) is 5.91 Å².